The molecule has 2 aliphatic rings. The van der Waals surface area contributed by atoms with Crippen molar-refractivity contribution in [2.45, 2.75) is 38.1 Å². The molecular formula is C17H16F3N3O2. The highest BCUT2D eigenvalue weighted by Gasteiger charge is 2.47. The van der Waals surface area contributed by atoms with Crippen LogP contribution in [0, 0.1) is 6.92 Å². The van der Waals surface area contributed by atoms with Crippen molar-refractivity contribution < 1.29 is 22.7 Å². The fraction of sp³-hybridized carbons (Fsp3) is 0.412. The Kier molecular flexibility index (Phi) is 3.52. The first kappa shape index (κ1) is 16.0. The van der Waals surface area contributed by atoms with Crippen LogP contribution in [0.1, 0.15) is 23.7 Å². The number of amides is 1. The molecule has 132 valence electrons. The van der Waals surface area contributed by atoms with Crippen LogP contribution in [-0.2, 0) is 11.2 Å². The summed E-state index contributed by atoms with van der Waals surface area (Å²) < 4.78 is 46.4. The number of benzene rings is 1. The lowest BCUT2D eigenvalue weighted by atomic mass is 10.1. The normalized spacial score (nSPS) is 22.3. The van der Waals surface area contributed by atoms with Gasteiger partial charge in [0.15, 0.2) is 12.1 Å². The Hall–Kier alpha value is -2.51. The molecule has 1 amide bonds. The molecule has 5 nitrogen and oxygen atoms in total. The summed E-state index contributed by atoms with van der Waals surface area (Å²) in [7, 11) is 0. The van der Waals surface area contributed by atoms with Gasteiger partial charge in [-0.15, -0.1) is 0 Å². The topological polar surface area (TPSA) is 47.4 Å². The summed E-state index contributed by atoms with van der Waals surface area (Å²) >= 11 is 0. The second-order valence-corrected chi connectivity index (χ2v) is 6.34. The zero-order valence-electron chi connectivity index (χ0n) is 13.5. The maximum atomic E-state index is 13.2. The number of ether oxygens (including phenoxy) is 1. The van der Waals surface area contributed by atoms with Crippen molar-refractivity contribution in [2.75, 3.05) is 11.4 Å². The van der Waals surface area contributed by atoms with Gasteiger partial charge in [-0.2, -0.15) is 18.3 Å². The van der Waals surface area contributed by atoms with E-state index in [-0.39, 0.29) is 24.7 Å². The number of halogens is 3. The minimum absolute atomic E-state index is 0.00957. The standard InChI is InChI=1S/C17H16F3N3O2/c1-10-8-15-22(7-6-14(17(18,19)20)23(15)21-10)16(24)13-9-11-4-2-3-5-12(11)25-13/h2-5,8,13-14H,6-7,9H2,1H3/t13-,14+/m0/s1. The lowest BCUT2D eigenvalue weighted by Crippen LogP contribution is -2.48. The number of para-hydroxylation sites is 1. The summed E-state index contributed by atoms with van der Waals surface area (Å²) in [6.45, 7) is 1.60. The number of aromatic nitrogens is 2. The average molecular weight is 351 g/mol. The molecule has 0 unspecified atom stereocenters. The van der Waals surface area contributed by atoms with Crippen LogP contribution in [-0.4, -0.2) is 34.5 Å². The second-order valence-electron chi connectivity index (χ2n) is 6.34. The number of nitrogens with zero attached hydrogens (tertiary/aromatic N) is 3. The van der Waals surface area contributed by atoms with Crippen LogP contribution in [0.15, 0.2) is 30.3 Å². The van der Waals surface area contributed by atoms with Gasteiger partial charge >= 0.3 is 6.18 Å². The van der Waals surface area contributed by atoms with Crippen molar-refractivity contribution in [2.24, 2.45) is 0 Å². The molecule has 2 atom stereocenters. The van der Waals surface area contributed by atoms with Crippen molar-refractivity contribution in [1.82, 2.24) is 9.78 Å². The van der Waals surface area contributed by atoms with Crippen molar-refractivity contribution >= 4 is 11.7 Å². The van der Waals surface area contributed by atoms with Crippen LogP contribution in [0.5, 0.6) is 5.75 Å². The van der Waals surface area contributed by atoms with E-state index in [2.05, 4.69) is 5.10 Å². The maximum absolute atomic E-state index is 13.2. The summed E-state index contributed by atoms with van der Waals surface area (Å²) in [6.07, 6.45) is -4.92. The average Bonchev–Trinajstić information content (AvgIpc) is 3.14. The van der Waals surface area contributed by atoms with Gasteiger partial charge in [0.25, 0.3) is 5.91 Å². The number of fused-ring (bicyclic) bond motifs is 2. The van der Waals surface area contributed by atoms with Gasteiger partial charge in [-0.05, 0) is 25.0 Å². The lowest BCUT2D eigenvalue weighted by molar-refractivity contribution is -0.173. The van der Waals surface area contributed by atoms with Crippen LogP contribution < -0.4 is 9.64 Å². The van der Waals surface area contributed by atoms with Crippen molar-refractivity contribution in [3.63, 3.8) is 0 Å². The van der Waals surface area contributed by atoms with Crippen LogP contribution in [0.25, 0.3) is 0 Å². The monoisotopic (exact) mass is 351 g/mol. The van der Waals surface area contributed by atoms with Gasteiger partial charge in [0.2, 0.25) is 0 Å². The number of hydrogen-bond donors (Lipinski definition) is 0. The van der Waals surface area contributed by atoms with Crippen LogP contribution in [0.2, 0.25) is 0 Å². The van der Waals surface area contributed by atoms with Gasteiger partial charge in [-0.3, -0.25) is 9.69 Å². The molecule has 1 aromatic heterocycles. The first-order valence-electron chi connectivity index (χ1n) is 8.03. The maximum Gasteiger partial charge on any atom is 0.410 e. The molecule has 0 radical (unpaired) electrons. The van der Waals surface area contributed by atoms with E-state index < -0.39 is 18.3 Å². The predicted octanol–water partition coefficient (Wildman–Crippen LogP) is 3.04. The molecular weight excluding hydrogens is 335 g/mol. The molecule has 3 heterocycles. The first-order valence-corrected chi connectivity index (χ1v) is 8.03. The Morgan fingerprint density at radius 1 is 1.32 bits per heavy atom. The number of aryl methyl sites for hydroxylation is 1. The Morgan fingerprint density at radius 3 is 2.80 bits per heavy atom. The Labute approximate surface area is 142 Å². The molecule has 0 fully saturated rings. The van der Waals surface area contributed by atoms with E-state index in [1.807, 2.05) is 18.2 Å². The quantitative estimate of drug-likeness (QED) is 0.793. The smallest absolute Gasteiger partial charge is 0.410 e. The third kappa shape index (κ3) is 2.65. The SMILES string of the molecule is Cc1cc2n(n1)[C@@H](C(F)(F)F)CCN2C(=O)[C@@H]1Cc2ccccc2O1. The van der Waals surface area contributed by atoms with E-state index in [1.165, 1.54) is 11.0 Å². The summed E-state index contributed by atoms with van der Waals surface area (Å²) in [5.41, 5.74) is 1.37. The molecule has 1 aromatic carbocycles. The minimum Gasteiger partial charge on any atom is -0.480 e. The van der Waals surface area contributed by atoms with Gasteiger partial charge < -0.3 is 4.74 Å². The summed E-state index contributed by atoms with van der Waals surface area (Å²) in [5.74, 6) is 0.490. The number of anilines is 1. The Bertz CT molecular complexity index is 806. The zero-order chi connectivity index (χ0) is 17.8. The molecule has 0 bridgehead atoms. The largest absolute Gasteiger partial charge is 0.480 e. The molecule has 0 saturated carbocycles. The van der Waals surface area contributed by atoms with Crippen LogP contribution in [0.3, 0.4) is 0 Å². The minimum atomic E-state index is -4.40. The molecule has 0 saturated heterocycles. The van der Waals surface area contributed by atoms with E-state index in [0.29, 0.717) is 17.9 Å². The fourth-order valence-electron chi connectivity index (χ4n) is 3.44. The van der Waals surface area contributed by atoms with Crippen LogP contribution in [0.4, 0.5) is 19.0 Å². The second kappa shape index (κ2) is 5.50. The van der Waals surface area contributed by atoms with E-state index in [9.17, 15) is 18.0 Å². The predicted molar refractivity (Wildman–Crippen MR) is 83.6 cm³/mol. The Morgan fingerprint density at radius 2 is 2.08 bits per heavy atom. The summed E-state index contributed by atoms with van der Waals surface area (Å²) in [4.78, 5) is 14.2. The van der Waals surface area contributed by atoms with Gasteiger partial charge in [0.05, 0.1) is 5.69 Å². The number of hydrogen-bond acceptors (Lipinski definition) is 3. The highest BCUT2D eigenvalue weighted by Crippen LogP contribution is 2.40. The van der Waals surface area contributed by atoms with Gasteiger partial charge in [-0.25, -0.2) is 4.68 Å². The number of carbonyl (C=O) groups excluding carboxylic acids is 1. The molecule has 2 aromatic rings. The lowest BCUT2D eigenvalue weighted by Gasteiger charge is -2.34. The van der Waals surface area contributed by atoms with Gasteiger partial charge in [-0.1, -0.05) is 18.2 Å². The summed E-state index contributed by atoms with van der Waals surface area (Å²) in [6, 6.07) is 7.15. The van der Waals surface area contributed by atoms with Crippen molar-refractivity contribution in [3.8, 4) is 5.75 Å². The number of rotatable bonds is 1. The van der Waals surface area contributed by atoms with Crippen LogP contribution >= 0.6 is 0 Å². The van der Waals surface area contributed by atoms with Crippen molar-refractivity contribution in [1.29, 1.82) is 0 Å². The molecule has 4 rings (SSSR count). The third-order valence-corrected chi connectivity index (χ3v) is 4.60. The summed E-state index contributed by atoms with van der Waals surface area (Å²) in [5, 5.41) is 3.96. The van der Waals surface area contributed by atoms with E-state index in [4.69, 9.17) is 4.74 Å². The molecule has 0 aliphatic carbocycles. The van der Waals surface area contributed by atoms with Gasteiger partial charge in [0, 0.05) is 19.0 Å². The fourth-order valence-corrected chi connectivity index (χ4v) is 3.44. The number of carbonyl (C=O) groups is 1. The molecule has 0 spiro atoms. The van der Waals surface area contributed by atoms with E-state index in [1.54, 1.807) is 13.0 Å². The molecule has 8 heteroatoms. The first-order chi connectivity index (χ1) is 11.8. The van der Waals surface area contributed by atoms with E-state index in [0.717, 1.165) is 10.2 Å². The Balaban J connectivity index is 1.62. The third-order valence-electron chi connectivity index (χ3n) is 4.60. The highest BCUT2D eigenvalue weighted by atomic mass is 19.4. The van der Waals surface area contributed by atoms with Crippen molar-refractivity contribution in [3.05, 3.63) is 41.6 Å². The zero-order valence-corrected chi connectivity index (χ0v) is 13.5. The number of alkyl halides is 3. The highest BCUT2D eigenvalue weighted by molar-refractivity contribution is 5.97. The molecule has 25 heavy (non-hydrogen) atoms. The van der Waals surface area contributed by atoms with Gasteiger partial charge in [0.1, 0.15) is 11.6 Å². The molecule has 0 N–H and O–H groups in total. The molecule has 2 aliphatic heterocycles. The van der Waals surface area contributed by atoms with E-state index >= 15 is 0 Å².